The summed E-state index contributed by atoms with van der Waals surface area (Å²) in [5.41, 5.74) is 1.48. The molecule has 2 aromatic carbocycles. The van der Waals surface area contributed by atoms with Crippen LogP contribution in [0, 0.1) is 27.9 Å². The van der Waals surface area contributed by atoms with Gasteiger partial charge < -0.3 is 0 Å². The van der Waals surface area contributed by atoms with Crippen molar-refractivity contribution in [1.29, 1.82) is 0 Å². The number of carbonyl (C=O) groups is 1. The molecule has 8 heteroatoms. The van der Waals surface area contributed by atoms with Crippen LogP contribution >= 0.6 is 11.3 Å². The molecule has 4 fully saturated rings. The summed E-state index contributed by atoms with van der Waals surface area (Å²) in [6, 6.07) is 15.6. The number of hydrogen-bond donors (Lipinski definition) is 0. The molecule has 0 radical (unpaired) electrons. The molecular formula is C26H26N4O3S. The Morgan fingerprint density at radius 1 is 0.971 bits per heavy atom. The number of aromatic nitrogens is 2. The van der Waals surface area contributed by atoms with Crippen LogP contribution in [-0.4, -0.2) is 21.0 Å². The van der Waals surface area contributed by atoms with E-state index in [2.05, 4.69) is 10.2 Å². The van der Waals surface area contributed by atoms with E-state index in [0.29, 0.717) is 17.2 Å². The second-order valence-corrected chi connectivity index (χ2v) is 11.2. The molecule has 0 saturated heterocycles. The van der Waals surface area contributed by atoms with Crippen molar-refractivity contribution in [3.05, 3.63) is 80.8 Å². The number of nitro benzene ring substituents is 1. The van der Waals surface area contributed by atoms with Crippen molar-refractivity contribution < 1.29 is 9.72 Å². The summed E-state index contributed by atoms with van der Waals surface area (Å²) in [6.07, 6.45) is 7.69. The minimum atomic E-state index is -0.460. The van der Waals surface area contributed by atoms with E-state index in [1.165, 1.54) is 62.8 Å². The number of anilines is 1. The normalized spacial score (nSPS) is 27.0. The predicted molar refractivity (Wildman–Crippen MR) is 130 cm³/mol. The van der Waals surface area contributed by atoms with Crippen molar-refractivity contribution in [1.82, 2.24) is 10.2 Å². The molecule has 1 aromatic heterocycles. The zero-order valence-corrected chi connectivity index (χ0v) is 19.6. The maximum Gasteiger partial charge on any atom is 0.269 e. The van der Waals surface area contributed by atoms with Crippen molar-refractivity contribution in [2.45, 2.75) is 50.5 Å². The Morgan fingerprint density at radius 2 is 1.59 bits per heavy atom. The molecule has 0 atom stereocenters. The van der Waals surface area contributed by atoms with Crippen molar-refractivity contribution in [3.8, 4) is 0 Å². The number of carbonyl (C=O) groups excluding carboxylic acids is 1. The summed E-state index contributed by atoms with van der Waals surface area (Å²) >= 11 is 1.55. The van der Waals surface area contributed by atoms with Crippen LogP contribution in [-0.2, 0) is 12.0 Å². The molecule has 0 spiro atoms. The smallest absolute Gasteiger partial charge is 0.269 e. The lowest BCUT2D eigenvalue weighted by Crippen LogP contribution is -2.48. The van der Waals surface area contributed by atoms with E-state index in [4.69, 9.17) is 0 Å². The number of hydrogen-bond acceptors (Lipinski definition) is 6. The minimum Gasteiger partial charge on any atom is -0.278 e. The summed E-state index contributed by atoms with van der Waals surface area (Å²) in [5, 5.41) is 21.9. The highest BCUT2D eigenvalue weighted by atomic mass is 32.1. The molecular weight excluding hydrogens is 448 g/mol. The lowest BCUT2D eigenvalue weighted by molar-refractivity contribution is -0.384. The Hall–Kier alpha value is -3.13. The van der Waals surface area contributed by atoms with Crippen LogP contribution in [0.25, 0.3) is 0 Å². The molecule has 4 aliphatic rings. The van der Waals surface area contributed by atoms with Gasteiger partial charge in [-0.3, -0.25) is 19.8 Å². The number of benzene rings is 2. The Bertz CT molecular complexity index is 1190. The summed E-state index contributed by atoms with van der Waals surface area (Å²) in [6.45, 7) is 0.367. The average molecular weight is 475 g/mol. The number of non-ortho nitro benzene ring substituents is 1. The van der Waals surface area contributed by atoms with E-state index in [-0.39, 0.29) is 17.0 Å². The van der Waals surface area contributed by atoms with Crippen LogP contribution in [0.4, 0.5) is 10.8 Å². The maximum atomic E-state index is 13.6. The van der Waals surface area contributed by atoms with Gasteiger partial charge in [0.25, 0.3) is 11.6 Å². The van der Waals surface area contributed by atoms with Gasteiger partial charge in [-0.2, -0.15) is 0 Å². The van der Waals surface area contributed by atoms with Crippen molar-refractivity contribution >= 4 is 28.1 Å². The number of amides is 1. The van der Waals surface area contributed by atoms with Crippen LogP contribution in [0.5, 0.6) is 0 Å². The molecule has 34 heavy (non-hydrogen) atoms. The van der Waals surface area contributed by atoms with Gasteiger partial charge in [0.2, 0.25) is 5.13 Å². The van der Waals surface area contributed by atoms with Crippen molar-refractivity contribution in [2.24, 2.45) is 17.8 Å². The van der Waals surface area contributed by atoms with E-state index in [1.807, 2.05) is 30.3 Å². The molecule has 174 valence electrons. The second-order valence-electron chi connectivity index (χ2n) is 10.3. The van der Waals surface area contributed by atoms with Gasteiger partial charge in [0.1, 0.15) is 5.01 Å². The third-order valence-corrected chi connectivity index (χ3v) is 9.08. The number of rotatable bonds is 6. The van der Waals surface area contributed by atoms with Gasteiger partial charge in [0.15, 0.2) is 0 Å². The largest absolute Gasteiger partial charge is 0.278 e. The lowest BCUT2D eigenvalue weighted by Gasteiger charge is -2.55. The monoisotopic (exact) mass is 474 g/mol. The Balaban J connectivity index is 1.33. The van der Waals surface area contributed by atoms with Crippen LogP contribution < -0.4 is 4.90 Å². The Kier molecular flexibility index (Phi) is 5.21. The average Bonchev–Trinajstić information content (AvgIpc) is 3.33. The van der Waals surface area contributed by atoms with Crippen LogP contribution in [0.3, 0.4) is 0 Å². The summed E-state index contributed by atoms with van der Waals surface area (Å²) in [4.78, 5) is 25.8. The van der Waals surface area contributed by atoms with Gasteiger partial charge >= 0.3 is 0 Å². The molecule has 0 unspecified atom stereocenters. The zero-order valence-electron chi connectivity index (χ0n) is 18.8. The van der Waals surface area contributed by atoms with Crippen LogP contribution in [0.2, 0.25) is 0 Å². The number of nitrogens with zero attached hydrogens (tertiary/aromatic N) is 4. The fourth-order valence-electron chi connectivity index (χ4n) is 6.79. The minimum absolute atomic E-state index is 0.0359. The van der Waals surface area contributed by atoms with Crippen molar-refractivity contribution in [2.75, 3.05) is 4.90 Å². The van der Waals surface area contributed by atoms with Crippen molar-refractivity contribution in [3.63, 3.8) is 0 Å². The standard InChI is InChI=1S/C26H26N4O3S/c31-23(21-6-8-22(9-7-21)30(32)33)29(16-17-4-2-1-3-5-17)25-28-27-24(34-25)26-13-18-10-19(14-26)12-20(11-18)15-26/h1-9,18-20H,10-16H2. The van der Waals surface area contributed by atoms with E-state index in [9.17, 15) is 14.9 Å². The molecule has 1 heterocycles. The summed E-state index contributed by atoms with van der Waals surface area (Å²) < 4.78 is 0. The van der Waals surface area contributed by atoms with E-state index < -0.39 is 4.92 Å². The maximum absolute atomic E-state index is 13.6. The molecule has 0 aliphatic heterocycles. The van der Waals surface area contributed by atoms with Gasteiger partial charge in [-0.05, 0) is 74.0 Å². The SMILES string of the molecule is O=C(c1ccc([N+](=O)[O-])cc1)N(Cc1ccccc1)c1nnc(C23CC4CC(CC(C4)C2)C3)s1. The molecule has 7 rings (SSSR count). The lowest BCUT2D eigenvalue weighted by atomic mass is 9.50. The molecule has 1 amide bonds. The molecule has 4 bridgehead atoms. The first kappa shape index (κ1) is 21.4. The molecule has 0 N–H and O–H groups in total. The highest BCUT2D eigenvalue weighted by Crippen LogP contribution is 2.61. The van der Waals surface area contributed by atoms with Gasteiger partial charge in [-0.1, -0.05) is 41.7 Å². The quantitative estimate of drug-likeness (QED) is 0.335. The topological polar surface area (TPSA) is 89.2 Å². The first-order valence-corrected chi connectivity index (χ1v) is 12.7. The first-order chi connectivity index (χ1) is 16.5. The fourth-order valence-corrected chi connectivity index (χ4v) is 7.85. The van der Waals surface area contributed by atoms with Gasteiger partial charge in [-0.15, -0.1) is 10.2 Å². The van der Waals surface area contributed by atoms with E-state index >= 15 is 0 Å². The zero-order chi connectivity index (χ0) is 23.3. The molecule has 7 nitrogen and oxygen atoms in total. The summed E-state index contributed by atoms with van der Waals surface area (Å²) in [5.74, 6) is 2.19. The predicted octanol–water partition coefficient (Wildman–Crippen LogP) is 5.76. The molecule has 4 aliphatic carbocycles. The highest BCUT2D eigenvalue weighted by molar-refractivity contribution is 7.15. The molecule has 3 aromatic rings. The van der Waals surface area contributed by atoms with Crippen LogP contribution in [0.15, 0.2) is 54.6 Å². The third kappa shape index (κ3) is 3.79. The van der Waals surface area contributed by atoms with Gasteiger partial charge in [-0.25, -0.2) is 0 Å². The Labute approximate surface area is 202 Å². The fraction of sp³-hybridized carbons (Fsp3) is 0.423. The molecule has 4 saturated carbocycles. The van der Waals surface area contributed by atoms with Gasteiger partial charge in [0, 0.05) is 23.1 Å². The second kappa shape index (κ2) is 8.27. The summed E-state index contributed by atoms with van der Waals surface area (Å²) in [7, 11) is 0. The van der Waals surface area contributed by atoms with Crippen LogP contribution in [0.1, 0.15) is 59.5 Å². The van der Waals surface area contributed by atoms with Gasteiger partial charge in [0.05, 0.1) is 11.5 Å². The Morgan fingerprint density at radius 3 is 2.18 bits per heavy atom. The third-order valence-electron chi connectivity index (χ3n) is 7.89. The van der Waals surface area contributed by atoms with E-state index in [0.717, 1.165) is 28.3 Å². The first-order valence-electron chi connectivity index (χ1n) is 11.9. The van der Waals surface area contributed by atoms with E-state index in [1.54, 1.807) is 16.2 Å². The highest BCUT2D eigenvalue weighted by Gasteiger charge is 2.53. The number of nitro groups is 1.